The standard InChI is InChI=1S/C28H34N4O4/c1-6-31(7-2)19-11-13-21(23(33)17-19)28(26-25(27(34)36-28)29-15-16-30-26)22-14-12-20(32(8-3)9-4)18-24(22)35-10-5/h11-18,33H,6-10H2,1-5H3. The number of nitrogens with zero attached hydrogens (tertiary/aromatic N) is 4. The molecule has 4 rings (SSSR count). The van der Waals surface area contributed by atoms with Crippen LogP contribution in [0.3, 0.4) is 0 Å². The number of cyclic esters (lactones) is 1. The molecule has 1 aromatic heterocycles. The van der Waals surface area contributed by atoms with Gasteiger partial charge in [-0.25, -0.2) is 9.78 Å². The van der Waals surface area contributed by atoms with Crippen LogP contribution < -0.4 is 14.5 Å². The minimum atomic E-state index is -1.52. The number of rotatable bonds is 10. The number of hydrogen-bond acceptors (Lipinski definition) is 8. The summed E-state index contributed by atoms with van der Waals surface area (Å²) in [4.78, 5) is 26.2. The van der Waals surface area contributed by atoms with Gasteiger partial charge in [0.25, 0.3) is 0 Å². The van der Waals surface area contributed by atoms with Crippen LogP contribution in [-0.2, 0) is 10.3 Å². The Kier molecular flexibility index (Phi) is 7.33. The summed E-state index contributed by atoms with van der Waals surface area (Å²) in [5.41, 5.74) is 1.80. The van der Waals surface area contributed by atoms with Crippen LogP contribution in [-0.4, -0.2) is 53.8 Å². The quantitative estimate of drug-likeness (QED) is 0.408. The average molecular weight is 491 g/mol. The fourth-order valence-corrected chi connectivity index (χ4v) is 4.96. The predicted molar refractivity (Wildman–Crippen MR) is 140 cm³/mol. The zero-order valence-corrected chi connectivity index (χ0v) is 21.6. The molecule has 1 aliphatic rings. The van der Waals surface area contributed by atoms with E-state index in [9.17, 15) is 9.90 Å². The Balaban J connectivity index is 2.00. The molecule has 1 unspecified atom stereocenters. The van der Waals surface area contributed by atoms with Crippen LogP contribution in [0.1, 0.15) is 61.9 Å². The monoisotopic (exact) mass is 490 g/mol. The molecule has 8 nitrogen and oxygen atoms in total. The second kappa shape index (κ2) is 10.4. The summed E-state index contributed by atoms with van der Waals surface area (Å²) >= 11 is 0. The van der Waals surface area contributed by atoms with Gasteiger partial charge < -0.3 is 24.4 Å². The number of aromatic hydroxyl groups is 1. The van der Waals surface area contributed by atoms with Crippen molar-refractivity contribution in [2.24, 2.45) is 0 Å². The minimum absolute atomic E-state index is 0.000899. The van der Waals surface area contributed by atoms with E-state index in [0.29, 0.717) is 29.2 Å². The van der Waals surface area contributed by atoms with Crippen molar-refractivity contribution in [1.29, 1.82) is 0 Å². The van der Waals surface area contributed by atoms with Gasteiger partial charge in [0.1, 0.15) is 17.2 Å². The SMILES string of the molecule is CCOc1cc(N(CC)CC)ccc1C1(c2ccc(N(CC)CC)cc2O)OC(=O)c2nccnc21. The first-order valence-electron chi connectivity index (χ1n) is 12.6. The molecular weight excluding hydrogens is 456 g/mol. The molecule has 3 aromatic rings. The maximum Gasteiger partial charge on any atom is 0.360 e. The van der Waals surface area contributed by atoms with E-state index in [-0.39, 0.29) is 11.4 Å². The molecule has 2 aromatic carbocycles. The fourth-order valence-electron chi connectivity index (χ4n) is 4.96. The van der Waals surface area contributed by atoms with Crippen molar-refractivity contribution in [2.45, 2.75) is 40.2 Å². The number of ether oxygens (including phenoxy) is 2. The normalized spacial score (nSPS) is 16.4. The van der Waals surface area contributed by atoms with E-state index in [4.69, 9.17) is 9.47 Å². The highest BCUT2D eigenvalue weighted by molar-refractivity contribution is 5.94. The van der Waals surface area contributed by atoms with E-state index in [0.717, 1.165) is 37.6 Å². The van der Waals surface area contributed by atoms with Gasteiger partial charge in [-0.05, 0) is 58.9 Å². The van der Waals surface area contributed by atoms with E-state index >= 15 is 0 Å². The third kappa shape index (κ3) is 4.10. The summed E-state index contributed by atoms with van der Waals surface area (Å²) in [6, 6.07) is 11.3. The van der Waals surface area contributed by atoms with E-state index in [1.165, 1.54) is 12.4 Å². The van der Waals surface area contributed by atoms with Gasteiger partial charge in [0.2, 0.25) is 5.60 Å². The second-order valence-electron chi connectivity index (χ2n) is 8.48. The Morgan fingerprint density at radius 1 is 0.861 bits per heavy atom. The van der Waals surface area contributed by atoms with Gasteiger partial charge in [-0.15, -0.1) is 0 Å². The van der Waals surface area contributed by atoms with Crippen LogP contribution in [0, 0.1) is 0 Å². The van der Waals surface area contributed by atoms with Gasteiger partial charge in [0, 0.05) is 73.2 Å². The summed E-state index contributed by atoms with van der Waals surface area (Å²) in [5, 5.41) is 11.4. The molecule has 1 atom stereocenters. The lowest BCUT2D eigenvalue weighted by Gasteiger charge is -2.32. The first kappa shape index (κ1) is 25.3. The highest BCUT2D eigenvalue weighted by Gasteiger charge is 2.54. The van der Waals surface area contributed by atoms with Crippen LogP contribution in [0.15, 0.2) is 48.8 Å². The maximum atomic E-state index is 13.1. The summed E-state index contributed by atoms with van der Waals surface area (Å²) < 4.78 is 12.2. The van der Waals surface area contributed by atoms with E-state index in [2.05, 4.69) is 47.5 Å². The Morgan fingerprint density at radius 3 is 2.03 bits per heavy atom. The molecule has 1 N–H and O–H groups in total. The summed E-state index contributed by atoms with van der Waals surface area (Å²) in [6.07, 6.45) is 2.99. The zero-order chi connectivity index (χ0) is 25.9. The number of esters is 1. The molecular formula is C28H34N4O4. The Bertz CT molecular complexity index is 1240. The highest BCUT2D eigenvalue weighted by atomic mass is 16.6. The number of hydrogen-bond donors (Lipinski definition) is 1. The van der Waals surface area contributed by atoms with Crippen molar-refractivity contribution in [1.82, 2.24) is 9.97 Å². The molecule has 36 heavy (non-hydrogen) atoms. The van der Waals surface area contributed by atoms with Gasteiger partial charge in [0.15, 0.2) is 5.69 Å². The van der Waals surface area contributed by atoms with Crippen molar-refractivity contribution in [3.8, 4) is 11.5 Å². The molecule has 0 spiro atoms. The number of carbonyl (C=O) groups is 1. The molecule has 190 valence electrons. The van der Waals surface area contributed by atoms with Crippen molar-refractivity contribution in [3.05, 3.63) is 71.3 Å². The molecule has 0 saturated carbocycles. The lowest BCUT2D eigenvalue weighted by molar-refractivity contribution is 0.0227. The number of carbonyl (C=O) groups excluding carboxylic acids is 1. The van der Waals surface area contributed by atoms with Gasteiger partial charge in [-0.2, -0.15) is 0 Å². The Labute approximate surface area is 212 Å². The molecule has 0 aliphatic carbocycles. The summed E-state index contributed by atoms with van der Waals surface area (Å²) in [6.45, 7) is 13.9. The number of fused-ring (bicyclic) bond motifs is 1. The smallest absolute Gasteiger partial charge is 0.360 e. The maximum absolute atomic E-state index is 13.1. The van der Waals surface area contributed by atoms with Crippen LogP contribution in [0.4, 0.5) is 11.4 Å². The number of anilines is 2. The molecule has 1 aliphatic heterocycles. The lowest BCUT2D eigenvalue weighted by atomic mass is 9.82. The van der Waals surface area contributed by atoms with Crippen LogP contribution in [0.25, 0.3) is 0 Å². The molecule has 0 bridgehead atoms. The van der Waals surface area contributed by atoms with Crippen LogP contribution >= 0.6 is 0 Å². The topological polar surface area (TPSA) is 88.0 Å². The first-order chi connectivity index (χ1) is 17.4. The molecule has 8 heteroatoms. The van der Waals surface area contributed by atoms with Crippen molar-refractivity contribution >= 4 is 17.3 Å². The molecule has 0 saturated heterocycles. The third-order valence-electron chi connectivity index (χ3n) is 6.73. The predicted octanol–water partition coefficient (Wildman–Crippen LogP) is 4.74. The van der Waals surface area contributed by atoms with Crippen LogP contribution in [0.2, 0.25) is 0 Å². The molecule has 0 fully saturated rings. The van der Waals surface area contributed by atoms with E-state index in [1.807, 2.05) is 31.2 Å². The lowest BCUT2D eigenvalue weighted by Crippen LogP contribution is -2.32. The van der Waals surface area contributed by atoms with Gasteiger partial charge in [0.05, 0.1) is 6.61 Å². The second-order valence-corrected chi connectivity index (χ2v) is 8.48. The van der Waals surface area contributed by atoms with E-state index in [1.54, 1.807) is 12.1 Å². The number of phenolic OH excluding ortho intramolecular Hbond substituents is 1. The first-order valence-corrected chi connectivity index (χ1v) is 12.6. The zero-order valence-electron chi connectivity index (χ0n) is 21.6. The van der Waals surface area contributed by atoms with Crippen molar-refractivity contribution in [3.63, 3.8) is 0 Å². The minimum Gasteiger partial charge on any atom is -0.507 e. The van der Waals surface area contributed by atoms with Crippen molar-refractivity contribution in [2.75, 3.05) is 42.6 Å². The van der Waals surface area contributed by atoms with Crippen molar-refractivity contribution < 1.29 is 19.4 Å². The van der Waals surface area contributed by atoms with Crippen LogP contribution in [0.5, 0.6) is 11.5 Å². The third-order valence-corrected chi connectivity index (χ3v) is 6.73. The number of benzene rings is 2. The van der Waals surface area contributed by atoms with Gasteiger partial charge in [-0.3, -0.25) is 4.98 Å². The van der Waals surface area contributed by atoms with Gasteiger partial charge in [-0.1, -0.05) is 0 Å². The van der Waals surface area contributed by atoms with E-state index < -0.39 is 11.6 Å². The average Bonchev–Trinajstić information content (AvgIpc) is 3.19. The Morgan fingerprint density at radius 2 is 1.44 bits per heavy atom. The summed E-state index contributed by atoms with van der Waals surface area (Å²) in [7, 11) is 0. The largest absolute Gasteiger partial charge is 0.507 e. The molecule has 0 amide bonds. The number of aromatic nitrogens is 2. The molecule has 2 heterocycles. The molecule has 0 radical (unpaired) electrons. The Hall–Kier alpha value is -3.81. The number of phenols is 1. The van der Waals surface area contributed by atoms with Gasteiger partial charge >= 0.3 is 5.97 Å². The fraction of sp³-hybridized carbons (Fsp3) is 0.393. The summed E-state index contributed by atoms with van der Waals surface area (Å²) in [5.74, 6) is -0.0398. The highest BCUT2D eigenvalue weighted by Crippen LogP contribution is 2.51.